The van der Waals surface area contributed by atoms with Crippen LogP contribution in [0, 0.1) is 5.92 Å². The lowest BCUT2D eigenvalue weighted by atomic mass is 9.97. The highest BCUT2D eigenvalue weighted by Gasteiger charge is 2.23. The van der Waals surface area contributed by atoms with Crippen LogP contribution in [0.1, 0.15) is 25.3 Å². The zero-order chi connectivity index (χ0) is 23.1. The second kappa shape index (κ2) is 8.41. The van der Waals surface area contributed by atoms with Gasteiger partial charge in [-0.1, -0.05) is 36.9 Å². The SMILES string of the molecule is COc1cccc2cc(-c3cc(=O)oc4c(C[NH+]5CCCC(C)C5)c([O-])ccc34)c(=O)oc12. The van der Waals surface area contributed by atoms with Gasteiger partial charge in [-0.3, -0.25) is 0 Å². The molecule has 2 atom stereocenters. The van der Waals surface area contributed by atoms with Crippen LogP contribution >= 0.6 is 0 Å². The van der Waals surface area contributed by atoms with Crippen LogP contribution in [0.15, 0.2) is 60.9 Å². The van der Waals surface area contributed by atoms with E-state index in [1.54, 1.807) is 30.3 Å². The van der Waals surface area contributed by atoms with Crippen molar-refractivity contribution in [3.63, 3.8) is 0 Å². The first-order valence-electron chi connectivity index (χ1n) is 11.2. The fourth-order valence-electron chi connectivity index (χ4n) is 4.93. The predicted octanol–water partition coefficient (Wildman–Crippen LogP) is 2.46. The van der Waals surface area contributed by atoms with Crippen LogP contribution in [0.4, 0.5) is 0 Å². The summed E-state index contributed by atoms with van der Waals surface area (Å²) in [5, 5.41) is 14.0. The van der Waals surface area contributed by atoms with Crippen molar-refractivity contribution in [3.8, 4) is 22.6 Å². The van der Waals surface area contributed by atoms with E-state index in [1.807, 2.05) is 0 Å². The zero-order valence-electron chi connectivity index (χ0n) is 18.6. The minimum atomic E-state index is -0.614. The molecule has 1 aliphatic rings. The normalized spacial score (nSPS) is 18.6. The van der Waals surface area contributed by atoms with Crippen LogP contribution in [0.2, 0.25) is 0 Å². The summed E-state index contributed by atoms with van der Waals surface area (Å²) < 4.78 is 16.4. The van der Waals surface area contributed by atoms with Crippen molar-refractivity contribution in [2.24, 2.45) is 5.92 Å². The molecule has 33 heavy (non-hydrogen) atoms. The Labute approximate surface area is 189 Å². The number of fused-ring (bicyclic) bond motifs is 2. The minimum Gasteiger partial charge on any atom is -0.872 e. The van der Waals surface area contributed by atoms with Gasteiger partial charge in [0.05, 0.1) is 25.8 Å². The Kier molecular flexibility index (Phi) is 5.42. The van der Waals surface area contributed by atoms with E-state index in [4.69, 9.17) is 13.6 Å². The standard InChI is InChI=1S/C26H25NO6/c1-15-5-4-10-27(13-15)14-20-21(28)9-8-17-18(12-23(29)32-25(17)20)19-11-16-6-3-7-22(31-2)24(16)33-26(19)30/h3,6-9,11-12,15,28H,4-5,10,13-14H2,1-2H3. The van der Waals surface area contributed by atoms with Gasteiger partial charge in [-0.25, -0.2) is 9.59 Å². The Morgan fingerprint density at radius 3 is 2.73 bits per heavy atom. The van der Waals surface area contributed by atoms with Gasteiger partial charge >= 0.3 is 11.3 Å². The molecule has 1 saturated heterocycles. The molecule has 0 bridgehead atoms. The van der Waals surface area contributed by atoms with Gasteiger partial charge in [0.1, 0.15) is 12.1 Å². The largest absolute Gasteiger partial charge is 0.872 e. The number of quaternary nitrogens is 1. The van der Waals surface area contributed by atoms with Gasteiger partial charge in [0.15, 0.2) is 11.3 Å². The molecule has 7 nitrogen and oxygen atoms in total. The molecule has 170 valence electrons. The lowest BCUT2D eigenvalue weighted by Gasteiger charge is -2.29. The maximum absolute atomic E-state index is 12.9. The van der Waals surface area contributed by atoms with Crippen LogP contribution in [0.25, 0.3) is 33.1 Å². The molecule has 4 aromatic rings. The molecule has 0 spiro atoms. The lowest BCUT2D eigenvalue weighted by Crippen LogP contribution is -3.12. The van der Waals surface area contributed by atoms with Crippen LogP contribution in [0.3, 0.4) is 0 Å². The second-order valence-electron chi connectivity index (χ2n) is 8.85. The Morgan fingerprint density at radius 1 is 1.09 bits per heavy atom. The van der Waals surface area contributed by atoms with E-state index >= 15 is 0 Å². The maximum Gasteiger partial charge on any atom is 0.344 e. The number of likely N-dealkylation sites (tertiary alicyclic amines) is 1. The van der Waals surface area contributed by atoms with Crippen LogP contribution in [-0.4, -0.2) is 20.2 Å². The van der Waals surface area contributed by atoms with E-state index < -0.39 is 11.3 Å². The van der Waals surface area contributed by atoms with Crippen molar-refractivity contribution in [1.82, 2.24) is 0 Å². The Morgan fingerprint density at radius 2 is 1.94 bits per heavy atom. The van der Waals surface area contributed by atoms with Gasteiger partial charge < -0.3 is 23.6 Å². The van der Waals surface area contributed by atoms with Crippen LogP contribution in [0.5, 0.6) is 11.5 Å². The van der Waals surface area contributed by atoms with Crippen molar-refractivity contribution in [2.75, 3.05) is 20.2 Å². The highest BCUT2D eigenvalue weighted by atomic mass is 16.5. The van der Waals surface area contributed by atoms with E-state index in [0.717, 1.165) is 19.5 Å². The van der Waals surface area contributed by atoms with Gasteiger partial charge in [-0.2, -0.15) is 0 Å². The van der Waals surface area contributed by atoms with Crippen LogP contribution in [-0.2, 0) is 6.54 Å². The Bertz CT molecular complexity index is 1470. The number of benzene rings is 2. The first kappa shape index (κ1) is 21.3. The number of nitrogens with one attached hydrogen (secondary N) is 1. The molecule has 2 unspecified atom stereocenters. The average Bonchev–Trinajstić information content (AvgIpc) is 2.80. The lowest BCUT2D eigenvalue weighted by molar-refractivity contribution is -0.922. The molecule has 3 heterocycles. The number of rotatable bonds is 4. The monoisotopic (exact) mass is 447 g/mol. The first-order valence-corrected chi connectivity index (χ1v) is 11.2. The van der Waals surface area contributed by atoms with E-state index in [2.05, 4.69) is 6.92 Å². The second-order valence-corrected chi connectivity index (χ2v) is 8.85. The zero-order valence-corrected chi connectivity index (χ0v) is 18.6. The molecular weight excluding hydrogens is 422 g/mol. The van der Waals surface area contributed by atoms with Crippen molar-refractivity contribution in [2.45, 2.75) is 26.3 Å². The molecule has 2 aromatic carbocycles. The van der Waals surface area contributed by atoms with Gasteiger partial charge in [-0.15, -0.1) is 0 Å². The van der Waals surface area contributed by atoms with E-state index in [1.165, 1.54) is 30.6 Å². The van der Waals surface area contributed by atoms with Crippen molar-refractivity contribution >= 4 is 21.9 Å². The molecule has 2 aromatic heterocycles. The molecule has 0 saturated carbocycles. The summed E-state index contributed by atoms with van der Waals surface area (Å²) in [5.74, 6) is 0.870. The predicted molar refractivity (Wildman–Crippen MR) is 123 cm³/mol. The molecule has 7 heteroatoms. The van der Waals surface area contributed by atoms with E-state index in [-0.39, 0.29) is 16.9 Å². The molecule has 0 amide bonds. The molecule has 1 N–H and O–H groups in total. The summed E-state index contributed by atoms with van der Waals surface area (Å²) in [4.78, 5) is 26.8. The third kappa shape index (κ3) is 3.89. The maximum atomic E-state index is 12.9. The van der Waals surface area contributed by atoms with E-state index in [9.17, 15) is 14.7 Å². The van der Waals surface area contributed by atoms with E-state index in [0.29, 0.717) is 45.7 Å². The molecule has 5 rings (SSSR count). The number of para-hydroxylation sites is 1. The number of hydrogen-bond acceptors (Lipinski definition) is 6. The van der Waals surface area contributed by atoms with Crippen molar-refractivity contribution in [3.05, 3.63) is 68.9 Å². The first-order chi connectivity index (χ1) is 15.9. The summed E-state index contributed by atoms with van der Waals surface area (Å²) in [6.07, 6.45) is 2.29. The van der Waals surface area contributed by atoms with Gasteiger partial charge in [0, 0.05) is 33.9 Å². The van der Waals surface area contributed by atoms with Gasteiger partial charge in [0.25, 0.3) is 0 Å². The number of piperidine rings is 1. The average molecular weight is 447 g/mol. The third-order valence-electron chi connectivity index (χ3n) is 6.50. The highest BCUT2D eigenvalue weighted by molar-refractivity contribution is 5.97. The van der Waals surface area contributed by atoms with Crippen molar-refractivity contribution < 1.29 is 23.6 Å². The molecular formula is C26H25NO6. The summed E-state index contributed by atoms with van der Waals surface area (Å²) in [6.45, 7) is 4.64. The summed E-state index contributed by atoms with van der Waals surface area (Å²) in [6, 6.07) is 11.4. The van der Waals surface area contributed by atoms with Gasteiger partial charge in [-0.05, 0) is 25.0 Å². The Balaban J connectivity index is 1.70. The summed E-state index contributed by atoms with van der Waals surface area (Å²) in [7, 11) is 1.51. The summed E-state index contributed by atoms with van der Waals surface area (Å²) >= 11 is 0. The minimum absolute atomic E-state index is 0.163. The quantitative estimate of drug-likeness (QED) is 0.483. The smallest absolute Gasteiger partial charge is 0.344 e. The fourth-order valence-corrected chi connectivity index (χ4v) is 4.93. The topological polar surface area (TPSA) is 97.1 Å². The molecule has 0 aliphatic carbocycles. The Hall–Kier alpha value is -3.58. The van der Waals surface area contributed by atoms with Gasteiger partial charge in [0.2, 0.25) is 0 Å². The third-order valence-corrected chi connectivity index (χ3v) is 6.50. The fraction of sp³-hybridized carbons (Fsp3) is 0.308. The number of ether oxygens (including phenoxy) is 1. The number of methoxy groups -OCH3 is 1. The molecule has 1 aliphatic heterocycles. The van der Waals surface area contributed by atoms with Crippen LogP contribution < -0.4 is 26.0 Å². The number of hydrogen-bond donors (Lipinski definition) is 1. The summed E-state index contributed by atoms with van der Waals surface area (Å²) in [5.41, 5.74) is 0.480. The molecule has 0 radical (unpaired) electrons. The molecule has 1 fully saturated rings. The van der Waals surface area contributed by atoms with Crippen molar-refractivity contribution in [1.29, 1.82) is 0 Å². The highest BCUT2D eigenvalue weighted by Crippen LogP contribution is 2.33.